The molecule has 0 saturated heterocycles. The highest BCUT2D eigenvalue weighted by Gasteiger charge is 2.10. The molecule has 0 aromatic heterocycles. The van der Waals surface area contributed by atoms with Crippen molar-refractivity contribution in [3.8, 4) is 0 Å². The molecule has 0 saturated carbocycles. The molecule has 2 aromatic rings. The van der Waals surface area contributed by atoms with Crippen molar-refractivity contribution in [2.75, 3.05) is 5.32 Å². The van der Waals surface area contributed by atoms with E-state index in [1.54, 1.807) is 24.3 Å². The number of carbonyl (C=O) groups excluding carboxylic acids is 2. The Kier molecular flexibility index (Phi) is 5.46. The van der Waals surface area contributed by atoms with Gasteiger partial charge in [0.15, 0.2) is 0 Å². The minimum atomic E-state index is -0.391. The molecule has 0 bridgehead atoms. The van der Waals surface area contributed by atoms with Crippen molar-refractivity contribution < 1.29 is 14.0 Å². The molecule has 2 N–H and O–H groups in total. The van der Waals surface area contributed by atoms with Crippen LogP contribution in [0.1, 0.15) is 41.0 Å². The van der Waals surface area contributed by atoms with Crippen LogP contribution < -0.4 is 10.6 Å². The largest absolute Gasteiger partial charge is 0.350 e. The summed E-state index contributed by atoms with van der Waals surface area (Å²) in [6.07, 6.45) is 0.859. The highest BCUT2D eigenvalue weighted by atomic mass is 19.1. The Bertz CT molecular complexity index is 681. The molecule has 2 rings (SSSR count). The molecule has 4 nitrogen and oxygen atoms in total. The van der Waals surface area contributed by atoms with Crippen LogP contribution in [0, 0.1) is 5.82 Å². The van der Waals surface area contributed by atoms with Crippen LogP contribution in [0.15, 0.2) is 48.5 Å². The summed E-state index contributed by atoms with van der Waals surface area (Å²) in [6.45, 7) is 3.94. The SMILES string of the molecule is CCC(C)NC(=O)c1ccc(NC(=O)c2ccc(F)cc2)cc1. The normalized spacial score (nSPS) is 11.6. The maximum atomic E-state index is 12.8. The number of rotatable bonds is 5. The van der Waals surface area contributed by atoms with Gasteiger partial charge in [-0.2, -0.15) is 0 Å². The Morgan fingerprint density at radius 2 is 1.48 bits per heavy atom. The van der Waals surface area contributed by atoms with Crippen molar-refractivity contribution >= 4 is 17.5 Å². The second-order valence-electron chi connectivity index (χ2n) is 5.32. The van der Waals surface area contributed by atoms with E-state index in [1.165, 1.54) is 24.3 Å². The molecule has 2 amide bonds. The van der Waals surface area contributed by atoms with E-state index in [0.717, 1.165) is 6.42 Å². The van der Waals surface area contributed by atoms with Gasteiger partial charge < -0.3 is 10.6 Å². The van der Waals surface area contributed by atoms with E-state index in [4.69, 9.17) is 0 Å². The summed E-state index contributed by atoms with van der Waals surface area (Å²) in [7, 11) is 0. The van der Waals surface area contributed by atoms with Crippen molar-refractivity contribution in [2.45, 2.75) is 26.3 Å². The molecule has 5 heteroatoms. The van der Waals surface area contributed by atoms with Crippen molar-refractivity contribution in [1.29, 1.82) is 0 Å². The molecule has 0 fully saturated rings. The van der Waals surface area contributed by atoms with E-state index in [-0.39, 0.29) is 17.9 Å². The predicted molar refractivity (Wildman–Crippen MR) is 88.0 cm³/mol. The Hall–Kier alpha value is -2.69. The van der Waals surface area contributed by atoms with Gasteiger partial charge in [0.2, 0.25) is 0 Å². The standard InChI is InChI=1S/C18H19FN2O2/c1-3-12(2)20-17(22)14-6-10-16(11-7-14)21-18(23)13-4-8-15(19)9-5-13/h4-12H,3H2,1-2H3,(H,20,22)(H,21,23). The van der Waals surface area contributed by atoms with Crippen molar-refractivity contribution in [1.82, 2.24) is 5.32 Å². The fraction of sp³-hybridized carbons (Fsp3) is 0.222. The Morgan fingerprint density at radius 1 is 0.957 bits per heavy atom. The second-order valence-corrected chi connectivity index (χ2v) is 5.32. The molecule has 1 atom stereocenters. The lowest BCUT2D eigenvalue weighted by atomic mass is 10.1. The fourth-order valence-corrected chi connectivity index (χ4v) is 1.92. The van der Waals surface area contributed by atoms with Crippen LogP contribution in [0.5, 0.6) is 0 Å². The van der Waals surface area contributed by atoms with E-state index in [1.807, 2.05) is 13.8 Å². The third-order valence-electron chi connectivity index (χ3n) is 3.50. The molecular weight excluding hydrogens is 295 g/mol. The first kappa shape index (κ1) is 16.7. The molecule has 0 radical (unpaired) electrons. The summed E-state index contributed by atoms with van der Waals surface area (Å²) >= 11 is 0. The van der Waals surface area contributed by atoms with Gasteiger partial charge in [-0.05, 0) is 61.9 Å². The van der Waals surface area contributed by atoms with E-state index >= 15 is 0 Å². The van der Waals surface area contributed by atoms with Gasteiger partial charge in [0.1, 0.15) is 5.82 Å². The maximum absolute atomic E-state index is 12.8. The Balaban J connectivity index is 2.01. The first-order valence-corrected chi connectivity index (χ1v) is 7.47. The molecule has 1 unspecified atom stereocenters. The number of amides is 2. The number of hydrogen-bond donors (Lipinski definition) is 2. The van der Waals surface area contributed by atoms with Crippen LogP contribution in [0.25, 0.3) is 0 Å². The summed E-state index contributed by atoms with van der Waals surface area (Å²) in [5.41, 5.74) is 1.47. The number of hydrogen-bond acceptors (Lipinski definition) is 2. The van der Waals surface area contributed by atoms with Gasteiger partial charge in [0.05, 0.1) is 0 Å². The lowest BCUT2D eigenvalue weighted by Gasteiger charge is -2.11. The van der Waals surface area contributed by atoms with Crippen LogP contribution in [0.2, 0.25) is 0 Å². The lowest BCUT2D eigenvalue weighted by molar-refractivity contribution is 0.0938. The zero-order valence-corrected chi connectivity index (χ0v) is 13.1. The van der Waals surface area contributed by atoms with Crippen molar-refractivity contribution in [2.24, 2.45) is 0 Å². The Labute approximate surface area is 134 Å². The smallest absolute Gasteiger partial charge is 0.255 e. The quantitative estimate of drug-likeness (QED) is 0.886. The molecule has 23 heavy (non-hydrogen) atoms. The minimum Gasteiger partial charge on any atom is -0.350 e. The highest BCUT2D eigenvalue weighted by molar-refractivity contribution is 6.04. The zero-order valence-electron chi connectivity index (χ0n) is 13.1. The van der Waals surface area contributed by atoms with Crippen molar-refractivity contribution in [3.05, 3.63) is 65.5 Å². The fourth-order valence-electron chi connectivity index (χ4n) is 1.92. The number of nitrogens with one attached hydrogen (secondary N) is 2. The number of carbonyl (C=O) groups is 2. The molecule has 0 spiro atoms. The topological polar surface area (TPSA) is 58.2 Å². The van der Waals surface area contributed by atoms with Crippen LogP contribution >= 0.6 is 0 Å². The average molecular weight is 314 g/mol. The number of benzene rings is 2. The van der Waals surface area contributed by atoms with Crippen LogP contribution in [-0.2, 0) is 0 Å². The molecular formula is C18H19FN2O2. The van der Waals surface area contributed by atoms with Gasteiger partial charge in [-0.15, -0.1) is 0 Å². The first-order chi connectivity index (χ1) is 11.0. The third-order valence-corrected chi connectivity index (χ3v) is 3.50. The summed E-state index contributed by atoms with van der Waals surface area (Å²) in [4.78, 5) is 24.0. The minimum absolute atomic E-state index is 0.111. The van der Waals surface area contributed by atoms with Gasteiger partial charge in [-0.1, -0.05) is 6.92 Å². The molecule has 2 aromatic carbocycles. The number of halogens is 1. The zero-order chi connectivity index (χ0) is 16.8. The predicted octanol–water partition coefficient (Wildman–Crippen LogP) is 3.61. The van der Waals surface area contributed by atoms with E-state index in [0.29, 0.717) is 16.8 Å². The van der Waals surface area contributed by atoms with Gasteiger partial charge in [-0.3, -0.25) is 9.59 Å². The maximum Gasteiger partial charge on any atom is 0.255 e. The molecule has 0 aliphatic carbocycles. The Morgan fingerprint density at radius 3 is 2.04 bits per heavy atom. The summed E-state index contributed by atoms with van der Waals surface area (Å²) in [6, 6.07) is 12.0. The summed E-state index contributed by atoms with van der Waals surface area (Å²) < 4.78 is 12.8. The highest BCUT2D eigenvalue weighted by Crippen LogP contribution is 2.12. The van der Waals surface area contributed by atoms with Crippen LogP contribution in [0.3, 0.4) is 0 Å². The van der Waals surface area contributed by atoms with Gasteiger partial charge in [0.25, 0.3) is 11.8 Å². The average Bonchev–Trinajstić information content (AvgIpc) is 2.55. The van der Waals surface area contributed by atoms with Crippen LogP contribution in [-0.4, -0.2) is 17.9 Å². The second kappa shape index (κ2) is 7.54. The van der Waals surface area contributed by atoms with E-state index < -0.39 is 5.82 Å². The number of anilines is 1. The van der Waals surface area contributed by atoms with Crippen LogP contribution in [0.4, 0.5) is 10.1 Å². The lowest BCUT2D eigenvalue weighted by Crippen LogP contribution is -2.31. The summed E-state index contributed by atoms with van der Waals surface area (Å²) in [5.74, 6) is -0.865. The van der Waals surface area contributed by atoms with Gasteiger partial charge >= 0.3 is 0 Å². The third kappa shape index (κ3) is 4.64. The first-order valence-electron chi connectivity index (χ1n) is 7.47. The molecule has 0 heterocycles. The molecule has 0 aliphatic heterocycles. The van der Waals surface area contributed by atoms with Gasteiger partial charge in [-0.25, -0.2) is 4.39 Å². The van der Waals surface area contributed by atoms with Crippen molar-refractivity contribution in [3.63, 3.8) is 0 Å². The summed E-state index contributed by atoms with van der Waals surface area (Å²) in [5, 5.41) is 5.58. The van der Waals surface area contributed by atoms with E-state index in [2.05, 4.69) is 10.6 Å². The van der Waals surface area contributed by atoms with E-state index in [9.17, 15) is 14.0 Å². The van der Waals surface area contributed by atoms with Gasteiger partial charge in [0, 0.05) is 22.9 Å². The monoisotopic (exact) mass is 314 g/mol. The molecule has 0 aliphatic rings. The molecule has 120 valence electrons.